The predicted molar refractivity (Wildman–Crippen MR) is 101 cm³/mol. The van der Waals surface area contributed by atoms with E-state index >= 15 is 0 Å². The molecule has 0 amide bonds. The SMILES string of the molecule is CN(C)CCCn1cc(Cc2ccccc2)c2ccccc2c1=O. The molecular weight excluding hydrogens is 296 g/mol. The lowest BCUT2D eigenvalue weighted by atomic mass is 10.0. The number of nitrogens with zero attached hydrogens (tertiary/aromatic N) is 2. The van der Waals surface area contributed by atoms with Crippen molar-refractivity contribution in [2.75, 3.05) is 20.6 Å². The van der Waals surface area contributed by atoms with Gasteiger partial charge in [0.2, 0.25) is 0 Å². The smallest absolute Gasteiger partial charge is 0.258 e. The Labute approximate surface area is 143 Å². The standard InChI is InChI=1S/C21H24N2O/c1-22(2)13-8-14-23-16-18(15-17-9-4-3-5-10-17)19-11-6-7-12-20(19)21(23)24/h3-7,9-12,16H,8,13-15H2,1-2H3. The Morgan fingerprint density at radius 1 is 0.917 bits per heavy atom. The number of benzene rings is 2. The van der Waals surface area contributed by atoms with Crippen LogP contribution in [0.15, 0.2) is 65.6 Å². The fourth-order valence-corrected chi connectivity index (χ4v) is 3.10. The average molecular weight is 320 g/mol. The maximum Gasteiger partial charge on any atom is 0.258 e. The van der Waals surface area contributed by atoms with Crippen LogP contribution in [0.5, 0.6) is 0 Å². The van der Waals surface area contributed by atoms with Crippen molar-refractivity contribution in [2.24, 2.45) is 0 Å². The maximum atomic E-state index is 12.8. The lowest BCUT2D eigenvalue weighted by Crippen LogP contribution is -2.23. The van der Waals surface area contributed by atoms with Gasteiger partial charge in [-0.25, -0.2) is 0 Å². The molecule has 0 radical (unpaired) electrons. The number of hydrogen-bond acceptors (Lipinski definition) is 2. The van der Waals surface area contributed by atoms with E-state index < -0.39 is 0 Å². The van der Waals surface area contributed by atoms with E-state index in [9.17, 15) is 4.79 Å². The molecule has 2 aromatic carbocycles. The topological polar surface area (TPSA) is 25.2 Å². The Hall–Kier alpha value is -2.39. The zero-order chi connectivity index (χ0) is 16.9. The molecule has 3 heteroatoms. The first-order valence-electron chi connectivity index (χ1n) is 8.45. The molecule has 0 bridgehead atoms. The molecule has 0 unspecified atom stereocenters. The minimum absolute atomic E-state index is 0.112. The molecule has 3 rings (SSSR count). The molecule has 0 saturated heterocycles. The number of pyridine rings is 1. The molecule has 0 aliphatic heterocycles. The largest absolute Gasteiger partial charge is 0.315 e. The van der Waals surface area contributed by atoms with Crippen molar-refractivity contribution >= 4 is 10.8 Å². The number of aromatic nitrogens is 1. The van der Waals surface area contributed by atoms with Crippen molar-refractivity contribution in [3.63, 3.8) is 0 Å². The van der Waals surface area contributed by atoms with E-state index in [0.29, 0.717) is 0 Å². The zero-order valence-electron chi connectivity index (χ0n) is 14.4. The van der Waals surface area contributed by atoms with Crippen LogP contribution in [0.3, 0.4) is 0 Å². The molecule has 0 N–H and O–H groups in total. The van der Waals surface area contributed by atoms with Crippen LogP contribution in [0.4, 0.5) is 0 Å². The van der Waals surface area contributed by atoms with E-state index in [2.05, 4.69) is 49.3 Å². The van der Waals surface area contributed by atoms with Crippen LogP contribution in [0.1, 0.15) is 17.5 Å². The van der Waals surface area contributed by atoms with Crippen molar-refractivity contribution in [1.82, 2.24) is 9.47 Å². The van der Waals surface area contributed by atoms with Crippen molar-refractivity contribution in [2.45, 2.75) is 19.4 Å². The van der Waals surface area contributed by atoms with E-state index in [1.807, 2.05) is 35.0 Å². The molecular formula is C21H24N2O. The molecule has 0 aliphatic rings. The third-order valence-corrected chi connectivity index (χ3v) is 4.32. The number of hydrogen-bond donors (Lipinski definition) is 0. The van der Waals surface area contributed by atoms with Crippen LogP contribution in [-0.4, -0.2) is 30.1 Å². The summed E-state index contributed by atoms with van der Waals surface area (Å²) in [6, 6.07) is 18.4. The summed E-state index contributed by atoms with van der Waals surface area (Å²) in [6.07, 6.45) is 3.86. The molecule has 1 heterocycles. The highest BCUT2D eigenvalue weighted by atomic mass is 16.1. The lowest BCUT2D eigenvalue weighted by molar-refractivity contribution is 0.385. The maximum absolute atomic E-state index is 12.8. The van der Waals surface area contributed by atoms with Crippen LogP contribution in [-0.2, 0) is 13.0 Å². The molecule has 0 atom stereocenters. The second-order valence-corrected chi connectivity index (χ2v) is 6.52. The van der Waals surface area contributed by atoms with Gasteiger partial charge in [-0.15, -0.1) is 0 Å². The predicted octanol–water partition coefficient (Wildman–Crippen LogP) is 3.54. The van der Waals surface area contributed by atoms with E-state index in [1.54, 1.807) is 0 Å². The van der Waals surface area contributed by atoms with Crippen LogP contribution >= 0.6 is 0 Å². The van der Waals surface area contributed by atoms with E-state index in [0.717, 1.165) is 36.7 Å². The second-order valence-electron chi connectivity index (χ2n) is 6.52. The summed E-state index contributed by atoms with van der Waals surface area (Å²) in [7, 11) is 4.12. The van der Waals surface area contributed by atoms with Gasteiger partial charge in [0.15, 0.2) is 0 Å². The Morgan fingerprint density at radius 3 is 2.29 bits per heavy atom. The fourth-order valence-electron chi connectivity index (χ4n) is 3.10. The van der Waals surface area contributed by atoms with Crippen molar-refractivity contribution in [3.05, 3.63) is 82.3 Å². The van der Waals surface area contributed by atoms with E-state index in [4.69, 9.17) is 0 Å². The molecule has 1 aromatic heterocycles. The molecule has 124 valence electrons. The van der Waals surface area contributed by atoms with Crippen molar-refractivity contribution in [3.8, 4) is 0 Å². The van der Waals surface area contributed by atoms with Crippen molar-refractivity contribution in [1.29, 1.82) is 0 Å². The normalized spacial score (nSPS) is 11.3. The van der Waals surface area contributed by atoms with Crippen LogP contribution < -0.4 is 5.56 Å². The van der Waals surface area contributed by atoms with Gasteiger partial charge in [-0.2, -0.15) is 0 Å². The summed E-state index contributed by atoms with van der Waals surface area (Å²) in [5, 5.41) is 1.88. The molecule has 0 saturated carbocycles. The van der Waals surface area contributed by atoms with Gasteiger partial charge >= 0.3 is 0 Å². The lowest BCUT2D eigenvalue weighted by Gasteiger charge is -2.14. The van der Waals surface area contributed by atoms with Gasteiger partial charge in [-0.05, 0) is 56.1 Å². The van der Waals surface area contributed by atoms with Gasteiger partial charge in [0, 0.05) is 18.1 Å². The summed E-state index contributed by atoms with van der Waals surface area (Å²) in [6.45, 7) is 1.73. The first kappa shape index (κ1) is 16.5. The highest BCUT2D eigenvalue weighted by Crippen LogP contribution is 2.19. The molecule has 0 spiro atoms. The number of fused-ring (bicyclic) bond motifs is 1. The molecule has 3 nitrogen and oxygen atoms in total. The highest BCUT2D eigenvalue weighted by Gasteiger charge is 2.09. The Kier molecular flexibility index (Phi) is 5.11. The van der Waals surface area contributed by atoms with E-state index in [1.165, 1.54) is 11.1 Å². The number of rotatable bonds is 6. The molecule has 3 aromatic rings. The van der Waals surface area contributed by atoms with Crippen LogP contribution in [0.25, 0.3) is 10.8 Å². The Bertz CT molecular complexity index is 866. The summed E-state index contributed by atoms with van der Waals surface area (Å²) in [5.41, 5.74) is 2.59. The van der Waals surface area contributed by atoms with Gasteiger partial charge in [0.25, 0.3) is 5.56 Å². The summed E-state index contributed by atoms with van der Waals surface area (Å²) in [5.74, 6) is 0. The van der Waals surface area contributed by atoms with Gasteiger partial charge in [-0.1, -0.05) is 48.5 Å². The van der Waals surface area contributed by atoms with E-state index in [-0.39, 0.29) is 5.56 Å². The van der Waals surface area contributed by atoms with Gasteiger partial charge in [0.1, 0.15) is 0 Å². The fraction of sp³-hybridized carbons (Fsp3) is 0.286. The van der Waals surface area contributed by atoms with Crippen LogP contribution in [0.2, 0.25) is 0 Å². The molecule has 24 heavy (non-hydrogen) atoms. The second kappa shape index (κ2) is 7.45. The molecule has 0 aliphatic carbocycles. The third-order valence-electron chi connectivity index (χ3n) is 4.32. The summed E-state index contributed by atoms with van der Waals surface area (Å²) in [4.78, 5) is 14.9. The Balaban J connectivity index is 2.00. The van der Waals surface area contributed by atoms with Gasteiger partial charge in [-0.3, -0.25) is 4.79 Å². The van der Waals surface area contributed by atoms with Crippen LogP contribution in [0, 0.1) is 0 Å². The van der Waals surface area contributed by atoms with Gasteiger partial charge in [0.05, 0.1) is 0 Å². The summed E-state index contributed by atoms with van der Waals surface area (Å²) < 4.78 is 1.88. The average Bonchev–Trinajstić information content (AvgIpc) is 2.59. The van der Waals surface area contributed by atoms with Crippen molar-refractivity contribution < 1.29 is 0 Å². The monoisotopic (exact) mass is 320 g/mol. The Morgan fingerprint density at radius 2 is 1.58 bits per heavy atom. The quantitative estimate of drug-likeness (QED) is 0.694. The zero-order valence-corrected chi connectivity index (χ0v) is 14.4. The summed E-state index contributed by atoms with van der Waals surface area (Å²) >= 11 is 0. The molecule has 0 fully saturated rings. The van der Waals surface area contributed by atoms with Gasteiger partial charge < -0.3 is 9.47 Å². The first-order valence-corrected chi connectivity index (χ1v) is 8.45. The highest BCUT2D eigenvalue weighted by molar-refractivity contribution is 5.85. The number of aryl methyl sites for hydroxylation is 1. The minimum Gasteiger partial charge on any atom is -0.315 e. The minimum atomic E-state index is 0.112. The first-order chi connectivity index (χ1) is 11.6. The third kappa shape index (κ3) is 3.74.